The lowest BCUT2D eigenvalue weighted by atomic mass is 10.1. The lowest BCUT2D eigenvalue weighted by Crippen LogP contribution is -2.38. The SMILES string of the molecule is CCNC(=NCCCCNc1ccccn1)NCCc1c[nH]c2ccccc12. The number of nitrogens with zero attached hydrogens (tertiary/aromatic N) is 2. The molecule has 0 saturated heterocycles. The van der Waals surface area contributed by atoms with Gasteiger partial charge in [0.15, 0.2) is 5.96 Å². The summed E-state index contributed by atoms with van der Waals surface area (Å²) in [5.41, 5.74) is 2.52. The van der Waals surface area contributed by atoms with Crippen LogP contribution in [0, 0.1) is 0 Å². The van der Waals surface area contributed by atoms with E-state index in [2.05, 4.69) is 68.3 Å². The molecule has 2 heterocycles. The fraction of sp³-hybridized carbons (Fsp3) is 0.364. The van der Waals surface area contributed by atoms with Gasteiger partial charge in [-0.15, -0.1) is 0 Å². The van der Waals surface area contributed by atoms with Crippen LogP contribution in [-0.4, -0.2) is 42.1 Å². The maximum absolute atomic E-state index is 4.68. The Balaban J connectivity index is 1.37. The smallest absolute Gasteiger partial charge is 0.191 e. The minimum absolute atomic E-state index is 0.812. The van der Waals surface area contributed by atoms with Crippen molar-refractivity contribution in [1.82, 2.24) is 20.6 Å². The summed E-state index contributed by atoms with van der Waals surface area (Å²) < 4.78 is 0. The predicted molar refractivity (Wildman–Crippen MR) is 118 cm³/mol. The number of hydrogen-bond donors (Lipinski definition) is 4. The van der Waals surface area contributed by atoms with E-state index >= 15 is 0 Å². The van der Waals surface area contributed by atoms with Crippen LogP contribution in [0.4, 0.5) is 5.82 Å². The van der Waals surface area contributed by atoms with E-state index in [-0.39, 0.29) is 0 Å². The number of anilines is 1. The minimum atomic E-state index is 0.812. The van der Waals surface area contributed by atoms with Gasteiger partial charge in [0.25, 0.3) is 0 Å². The highest BCUT2D eigenvalue weighted by molar-refractivity contribution is 5.83. The number of guanidine groups is 1. The minimum Gasteiger partial charge on any atom is -0.370 e. The van der Waals surface area contributed by atoms with Gasteiger partial charge >= 0.3 is 0 Å². The highest BCUT2D eigenvalue weighted by Crippen LogP contribution is 2.17. The largest absolute Gasteiger partial charge is 0.370 e. The molecule has 2 aromatic heterocycles. The molecule has 0 fully saturated rings. The van der Waals surface area contributed by atoms with Gasteiger partial charge in [-0.25, -0.2) is 4.98 Å². The molecule has 0 bridgehead atoms. The van der Waals surface area contributed by atoms with Crippen molar-refractivity contribution in [2.75, 3.05) is 31.5 Å². The molecule has 1 aromatic carbocycles. The first-order chi connectivity index (χ1) is 13.9. The van der Waals surface area contributed by atoms with Crippen LogP contribution in [0.1, 0.15) is 25.3 Å². The number of benzene rings is 1. The van der Waals surface area contributed by atoms with E-state index in [1.165, 1.54) is 16.5 Å². The van der Waals surface area contributed by atoms with Gasteiger partial charge < -0.3 is 20.9 Å². The number of aliphatic imine (C=N–C) groups is 1. The Labute approximate surface area is 166 Å². The van der Waals surface area contributed by atoms with Gasteiger partial charge in [-0.2, -0.15) is 0 Å². The number of nitrogens with one attached hydrogen (secondary N) is 4. The van der Waals surface area contributed by atoms with E-state index in [1.54, 1.807) is 6.20 Å². The van der Waals surface area contributed by atoms with E-state index in [0.717, 1.165) is 57.2 Å². The van der Waals surface area contributed by atoms with E-state index in [9.17, 15) is 0 Å². The van der Waals surface area contributed by atoms with Gasteiger partial charge in [0.2, 0.25) is 0 Å². The highest BCUT2D eigenvalue weighted by Gasteiger charge is 2.03. The molecule has 0 unspecified atom stereocenters. The van der Waals surface area contributed by atoms with Crippen LogP contribution >= 0.6 is 0 Å². The molecule has 148 valence electrons. The van der Waals surface area contributed by atoms with Crippen molar-refractivity contribution in [3.63, 3.8) is 0 Å². The molecule has 0 saturated carbocycles. The Morgan fingerprint density at radius 2 is 1.93 bits per heavy atom. The molecule has 3 rings (SSSR count). The Hall–Kier alpha value is -3.02. The molecule has 6 heteroatoms. The van der Waals surface area contributed by atoms with Crippen LogP contribution in [0.25, 0.3) is 10.9 Å². The Morgan fingerprint density at radius 3 is 2.79 bits per heavy atom. The lowest BCUT2D eigenvalue weighted by molar-refractivity contribution is 0.750. The maximum atomic E-state index is 4.68. The van der Waals surface area contributed by atoms with Crippen LogP contribution < -0.4 is 16.0 Å². The Bertz CT molecular complexity index is 856. The average Bonchev–Trinajstić information content (AvgIpc) is 3.14. The van der Waals surface area contributed by atoms with Crippen molar-refractivity contribution in [2.45, 2.75) is 26.2 Å². The third-order valence-electron chi connectivity index (χ3n) is 4.53. The first-order valence-electron chi connectivity index (χ1n) is 10.1. The van der Waals surface area contributed by atoms with Gasteiger partial charge in [0.05, 0.1) is 0 Å². The Morgan fingerprint density at radius 1 is 1.04 bits per heavy atom. The molecule has 0 aliphatic heterocycles. The summed E-state index contributed by atoms with van der Waals surface area (Å²) in [6.07, 6.45) is 6.97. The van der Waals surface area contributed by atoms with Crippen molar-refractivity contribution in [1.29, 1.82) is 0 Å². The summed E-state index contributed by atoms with van der Waals surface area (Å²) in [6, 6.07) is 14.3. The number of aromatic amines is 1. The number of rotatable bonds is 10. The molecule has 0 amide bonds. The van der Waals surface area contributed by atoms with Gasteiger partial charge in [0, 0.05) is 49.5 Å². The van der Waals surface area contributed by atoms with Crippen LogP contribution in [0.3, 0.4) is 0 Å². The second-order valence-corrected chi connectivity index (χ2v) is 6.65. The van der Waals surface area contributed by atoms with Crippen LogP contribution in [0.15, 0.2) is 59.9 Å². The molecule has 0 atom stereocenters. The van der Waals surface area contributed by atoms with Crippen LogP contribution in [0.5, 0.6) is 0 Å². The first kappa shape index (κ1) is 19.7. The molecule has 3 aromatic rings. The van der Waals surface area contributed by atoms with Crippen LogP contribution in [-0.2, 0) is 6.42 Å². The van der Waals surface area contributed by atoms with Gasteiger partial charge in [-0.3, -0.25) is 4.99 Å². The average molecular weight is 379 g/mol. The second-order valence-electron chi connectivity index (χ2n) is 6.65. The number of unbranched alkanes of at least 4 members (excludes halogenated alkanes) is 1. The zero-order valence-corrected chi connectivity index (χ0v) is 16.5. The molecular formula is C22H30N6. The normalized spacial score (nSPS) is 11.5. The number of pyridine rings is 1. The topological polar surface area (TPSA) is 77.1 Å². The quantitative estimate of drug-likeness (QED) is 0.247. The van der Waals surface area contributed by atoms with Gasteiger partial charge in [-0.05, 0) is 49.9 Å². The summed E-state index contributed by atoms with van der Waals surface area (Å²) in [6.45, 7) is 5.53. The first-order valence-corrected chi connectivity index (χ1v) is 10.1. The van der Waals surface area contributed by atoms with E-state index < -0.39 is 0 Å². The van der Waals surface area contributed by atoms with E-state index in [1.807, 2.05) is 18.2 Å². The standard InChI is InChI=1S/C22H30N6/c1-2-23-22(26-15-8-7-14-25-21-11-5-6-13-24-21)27-16-12-18-17-28-20-10-4-3-9-19(18)20/h3-6,9-11,13,17,28H,2,7-8,12,14-16H2,1H3,(H,24,25)(H2,23,26,27). The number of aromatic nitrogens is 2. The maximum Gasteiger partial charge on any atom is 0.191 e. The van der Waals surface area contributed by atoms with Crippen molar-refractivity contribution < 1.29 is 0 Å². The van der Waals surface area contributed by atoms with Crippen molar-refractivity contribution in [3.8, 4) is 0 Å². The molecule has 28 heavy (non-hydrogen) atoms. The number of hydrogen-bond acceptors (Lipinski definition) is 3. The fourth-order valence-corrected chi connectivity index (χ4v) is 3.11. The molecule has 0 radical (unpaired) electrons. The zero-order valence-electron chi connectivity index (χ0n) is 16.5. The predicted octanol–water partition coefficient (Wildman–Crippen LogP) is 3.55. The molecule has 4 N–H and O–H groups in total. The third-order valence-corrected chi connectivity index (χ3v) is 4.53. The van der Waals surface area contributed by atoms with Crippen molar-refractivity contribution in [2.24, 2.45) is 4.99 Å². The second kappa shape index (κ2) is 11.0. The molecular weight excluding hydrogens is 348 g/mol. The van der Waals surface area contributed by atoms with E-state index in [4.69, 9.17) is 0 Å². The van der Waals surface area contributed by atoms with E-state index in [0.29, 0.717) is 0 Å². The van der Waals surface area contributed by atoms with Gasteiger partial charge in [-0.1, -0.05) is 24.3 Å². The summed E-state index contributed by atoms with van der Waals surface area (Å²) in [7, 11) is 0. The van der Waals surface area contributed by atoms with Crippen LogP contribution in [0.2, 0.25) is 0 Å². The molecule has 0 aliphatic rings. The molecule has 0 spiro atoms. The number of para-hydroxylation sites is 1. The molecule has 6 nitrogen and oxygen atoms in total. The summed E-state index contributed by atoms with van der Waals surface area (Å²) in [5.74, 6) is 1.82. The van der Waals surface area contributed by atoms with Crippen molar-refractivity contribution >= 4 is 22.7 Å². The van der Waals surface area contributed by atoms with Crippen molar-refractivity contribution in [3.05, 3.63) is 60.4 Å². The Kier molecular flexibility index (Phi) is 7.73. The summed E-state index contributed by atoms with van der Waals surface area (Å²) in [5, 5.41) is 11.4. The third kappa shape index (κ3) is 6.01. The number of fused-ring (bicyclic) bond motifs is 1. The summed E-state index contributed by atoms with van der Waals surface area (Å²) >= 11 is 0. The highest BCUT2D eigenvalue weighted by atomic mass is 15.2. The zero-order chi connectivity index (χ0) is 19.4. The molecule has 0 aliphatic carbocycles. The number of H-pyrrole nitrogens is 1. The fourth-order valence-electron chi connectivity index (χ4n) is 3.11. The lowest BCUT2D eigenvalue weighted by Gasteiger charge is -2.11. The van der Waals surface area contributed by atoms with Gasteiger partial charge in [0.1, 0.15) is 5.82 Å². The monoisotopic (exact) mass is 378 g/mol. The summed E-state index contributed by atoms with van der Waals surface area (Å²) in [4.78, 5) is 12.3.